The zero-order valence-corrected chi connectivity index (χ0v) is 12.6. The first kappa shape index (κ1) is 15.3. The van der Waals surface area contributed by atoms with Crippen molar-refractivity contribution in [3.8, 4) is 0 Å². The second kappa shape index (κ2) is 6.57. The molecule has 5 heteroatoms. The Morgan fingerprint density at radius 3 is 2.50 bits per heavy atom. The number of hydrogen-bond acceptors (Lipinski definition) is 3. The molecule has 1 saturated heterocycles. The van der Waals surface area contributed by atoms with E-state index in [4.69, 9.17) is 0 Å². The van der Waals surface area contributed by atoms with E-state index in [0.29, 0.717) is 5.92 Å². The number of carbonyl (C=O) groups excluding carboxylic acids is 2. The second-order valence-corrected chi connectivity index (χ2v) is 6.37. The molecule has 20 heavy (non-hydrogen) atoms. The van der Waals surface area contributed by atoms with Crippen LogP contribution in [0.25, 0.3) is 0 Å². The van der Waals surface area contributed by atoms with E-state index in [9.17, 15) is 9.59 Å². The minimum Gasteiger partial charge on any atom is -0.350 e. The molecule has 1 heterocycles. The van der Waals surface area contributed by atoms with Crippen LogP contribution < -0.4 is 16.0 Å². The topological polar surface area (TPSA) is 70.2 Å². The van der Waals surface area contributed by atoms with E-state index in [-0.39, 0.29) is 17.9 Å². The van der Waals surface area contributed by atoms with E-state index >= 15 is 0 Å². The monoisotopic (exact) mass is 281 g/mol. The Balaban J connectivity index is 2.03. The average molecular weight is 281 g/mol. The summed E-state index contributed by atoms with van der Waals surface area (Å²) in [5.74, 6) is 0.378. The van der Waals surface area contributed by atoms with Crippen molar-refractivity contribution < 1.29 is 9.59 Å². The third-order valence-corrected chi connectivity index (χ3v) is 4.70. The van der Waals surface area contributed by atoms with Gasteiger partial charge in [0.15, 0.2) is 0 Å². The Bertz CT molecular complexity index is 364. The van der Waals surface area contributed by atoms with Crippen molar-refractivity contribution in [3.05, 3.63) is 0 Å². The zero-order chi connectivity index (χ0) is 14.6. The summed E-state index contributed by atoms with van der Waals surface area (Å²) in [5.41, 5.74) is -0.679. The molecule has 2 aliphatic rings. The van der Waals surface area contributed by atoms with Gasteiger partial charge in [0.25, 0.3) is 0 Å². The van der Waals surface area contributed by atoms with Gasteiger partial charge in [-0.15, -0.1) is 0 Å². The largest absolute Gasteiger partial charge is 0.350 e. The lowest BCUT2D eigenvalue weighted by Gasteiger charge is -2.39. The average Bonchev–Trinajstić information content (AvgIpc) is 2.41. The fraction of sp³-hybridized carbons (Fsp3) is 0.867. The fourth-order valence-corrected chi connectivity index (χ4v) is 3.39. The van der Waals surface area contributed by atoms with Gasteiger partial charge in [-0.1, -0.05) is 26.2 Å². The van der Waals surface area contributed by atoms with Crippen LogP contribution in [-0.4, -0.2) is 36.5 Å². The summed E-state index contributed by atoms with van der Waals surface area (Å²) < 4.78 is 0. The van der Waals surface area contributed by atoms with Crippen LogP contribution in [0.5, 0.6) is 0 Å². The first-order chi connectivity index (χ1) is 9.53. The van der Waals surface area contributed by atoms with Crippen LogP contribution >= 0.6 is 0 Å². The summed E-state index contributed by atoms with van der Waals surface area (Å²) in [6.45, 7) is 5.51. The van der Waals surface area contributed by atoms with Crippen molar-refractivity contribution in [2.24, 2.45) is 5.92 Å². The highest BCUT2D eigenvalue weighted by Gasteiger charge is 2.41. The molecule has 0 aromatic rings. The Kier molecular flexibility index (Phi) is 5.02. The lowest BCUT2D eigenvalue weighted by atomic mass is 9.80. The molecule has 0 bridgehead atoms. The van der Waals surface area contributed by atoms with Crippen molar-refractivity contribution >= 4 is 11.8 Å². The number of rotatable bonds is 3. The molecule has 0 aromatic carbocycles. The maximum absolute atomic E-state index is 12.7. The molecule has 2 unspecified atom stereocenters. The fourth-order valence-electron chi connectivity index (χ4n) is 3.39. The highest BCUT2D eigenvalue weighted by molar-refractivity contribution is 5.91. The summed E-state index contributed by atoms with van der Waals surface area (Å²) in [5, 5.41) is 9.42. The van der Waals surface area contributed by atoms with Gasteiger partial charge in [-0.25, -0.2) is 0 Å². The maximum Gasteiger partial charge on any atom is 0.246 e. The summed E-state index contributed by atoms with van der Waals surface area (Å²) in [6.07, 6.45) is 5.76. The molecule has 5 nitrogen and oxygen atoms in total. The Labute approximate surface area is 121 Å². The Morgan fingerprint density at radius 2 is 1.90 bits per heavy atom. The lowest BCUT2D eigenvalue weighted by Crippen LogP contribution is -2.63. The standard InChI is InChI=1S/C15H27N3O2/c1-11-6-9-16-10-13(11)17-14(20)15(18-12(2)19)7-4-3-5-8-15/h11,13,16H,3-10H2,1-2H3,(H,17,20)(H,18,19). The van der Waals surface area contributed by atoms with Crippen LogP contribution in [0.1, 0.15) is 52.4 Å². The summed E-state index contributed by atoms with van der Waals surface area (Å²) in [6, 6.07) is 0.170. The number of hydrogen-bond donors (Lipinski definition) is 3. The molecule has 114 valence electrons. The molecule has 2 atom stereocenters. The van der Waals surface area contributed by atoms with Crippen LogP contribution in [-0.2, 0) is 9.59 Å². The van der Waals surface area contributed by atoms with Gasteiger partial charge in [0, 0.05) is 19.5 Å². The molecule has 1 aliphatic heterocycles. The molecule has 2 amide bonds. The van der Waals surface area contributed by atoms with Crippen LogP contribution in [0.4, 0.5) is 0 Å². The molecular formula is C15H27N3O2. The first-order valence-corrected chi connectivity index (χ1v) is 7.84. The van der Waals surface area contributed by atoms with Crippen molar-refractivity contribution in [3.63, 3.8) is 0 Å². The molecule has 0 spiro atoms. The van der Waals surface area contributed by atoms with E-state index in [1.165, 1.54) is 6.92 Å². The maximum atomic E-state index is 12.7. The van der Waals surface area contributed by atoms with E-state index < -0.39 is 5.54 Å². The Morgan fingerprint density at radius 1 is 1.20 bits per heavy atom. The quantitative estimate of drug-likeness (QED) is 0.721. The third kappa shape index (κ3) is 3.51. The molecule has 1 aliphatic carbocycles. The van der Waals surface area contributed by atoms with E-state index in [1.807, 2.05) is 0 Å². The normalized spacial score (nSPS) is 29.5. The highest BCUT2D eigenvalue weighted by Crippen LogP contribution is 2.29. The van der Waals surface area contributed by atoms with Crippen LogP contribution in [0, 0.1) is 5.92 Å². The minimum atomic E-state index is -0.679. The predicted molar refractivity (Wildman–Crippen MR) is 78.2 cm³/mol. The number of nitrogens with one attached hydrogen (secondary N) is 3. The van der Waals surface area contributed by atoms with Gasteiger partial charge in [0.1, 0.15) is 5.54 Å². The van der Waals surface area contributed by atoms with Gasteiger partial charge in [0.05, 0.1) is 0 Å². The second-order valence-electron chi connectivity index (χ2n) is 6.37. The number of piperidine rings is 1. The smallest absolute Gasteiger partial charge is 0.246 e. The number of amides is 2. The molecule has 3 N–H and O–H groups in total. The van der Waals surface area contributed by atoms with Gasteiger partial charge < -0.3 is 16.0 Å². The SMILES string of the molecule is CC(=O)NC1(C(=O)NC2CNCCC2C)CCCCC1. The van der Waals surface area contributed by atoms with Crippen LogP contribution in [0.15, 0.2) is 0 Å². The van der Waals surface area contributed by atoms with Crippen molar-refractivity contribution in [1.29, 1.82) is 0 Å². The molecule has 0 aromatic heterocycles. The van der Waals surface area contributed by atoms with Crippen LogP contribution in [0.3, 0.4) is 0 Å². The van der Waals surface area contributed by atoms with Crippen LogP contribution in [0.2, 0.25) is 0 Å². The molecule has 2 rings (SSSR count). The zero-order valence-electron chi connectivity index (χ0n) is 12.6. The molecular weight excluding hydrogens is 254 g/mol. The van der Waals surface area contributed by atoms with Crippen molar-refractivity contribution in [1.82, 2.24) is 16.0 Å². The van der Waals surface area contributed by atoms with Gasteiger partial charge in [-0.3, -0.25) is 9.59 Å². The Hall–Kier alpha value is -1.10. The summed E-state index contributed by atoms with van der Waals surface area (Å²) >= 11 is 0. The predicted octanol–water partition coefficient (Wildman–Crippen LogP) is 0.940. The highest BCUT2D eigenvalue weighted by atomic mass is 16.2. The number of carbonyl (C=O) groups is 2. The summed E-state index contributed by atoms with van der Waals surface area (Å²) in [4.78, 5) is 24.2. The van der Waals surface area contributed by atoms with Crippen molar-refractivity contribution in [2.45, 2.75) is 64.0 Å². The molecule has 0 radical (unpaired) electrons. The van der Waals surface area contributed by atoms with Gasteiger partial charge in [0.2, 0.25) is 11.8 Å². The first-order valence-electron chi connectivity index (χ1n) is 7.84. The van der Waals surface area contributed by atoms with Gasteiger partial charge >= 0.3 is 0 Å². The van der Waals surface area contributed by atoms with Crippen molar-refractivity contribution in [2.75, 3.05) is 13.1 Å². The molecule has 2 fully saturated rings. The minimum absolute atomic E-state index is 0.00736. The summed E-state index contributed by atoms with van der Waals surface area (Å²) in [7, 11) is 0. The van der Waals surface area contributed by atoms with E-state index in [0.717, 1.165) is 51.6 Å². The lowest BCUT2D eigenvalue weighted by molar-refractivity contribution is -0.135. The van der Waals surface area contributed by atoms with E-state index in [1.54, 1.807) is 0 Å². The third-order valence-electron chi connectivity index (χ3n) is 4.70. The molecule has 1 saturated carbocycles. The van der Waals surface area contributed by atoms with E-state index in [2.05, 4.69) is 22.9 Å². The van der Waals surface area contributed by atoms with Gasteiger partial charge in [-0.05, 0) is 31.7 Å². The van der Waals surface area contributed by atoms with Gasteiger partial charge in [-0.2, -0.15) is 0 Å².